The molecule has 1 aliphatic heterocycles. The summed E-state index contributed by atoms with van der Waals surface area (Å²) in [5.74, 6) is -0.965. The predicted molar refractivity (Wildman–Crippen MR) is 114 cm³/mol. The maximum absolute atomic E-state index is 12.3. The molecule has 2 N–H and O–H groups in total. The zero-order chi connectivity index (χ0) is 21.7. The minimum absolute atomic E-state index is 0.254. The summed E-state index contributed by atoms with van der Waals surface area (Å²) in [6, 6.07) is 2.92. The Morgan fingerprint density at radius 1 is 1.34 bits per heavy atom. The molecule has 0 aliphatic carbocycles. The Kier molecular flexibility index (Phi) is 7.86. The van der Waals surface area contributed by atoms with Crippen molar-refractivity contribution in [2.45, 2.75) is 26.0 Å². The van der Waals surface area contributed by atoms with Crippen LogP contribution in [-0.4, -0.2) is 44.0 Å². The third-order valence-electron chi connectivity index (χ3n) is 4.25. The fourth-order valence-corrected chi connectivity index (χ4v) is 3.70. The molecule has 1 aliphatic rings. The zero-order valence-corrected chi connectivity index (χ0v) is 18.9. The van der Waals surface area contributed by atoms with Crippen LogP contribution >= 0.6 is 28.1 Å². The van der Waals surface area contributed by atoms with Gasteiger partial charge in [-0.2, -0.15) is 0 Å². The molecule has 0 amide bonds. The molecule has 0 radical (unpaired) electrons. The summed E-state index contributed by atoms with van der Waals surface area (Å²) in [7, 11) is 2.79. The van der Waals surface area contributed by atoms with Crippen LogP contribution in [0.2, 0.25) is 0 Å². The molecule has 1 aromatic carbocycles. The van der Waals surface area contributed by atoms with Gasteiger partial charge < -0.3 is 29.6 Å². The van der Waals surface area contributed by atoms with Crippen molar-refractivity contribution in [1.82, 2.24) is 10.6 Å². The van der Waals surface area contributed by atoms with Crippen LogP contribution in [0.25, 0.3) is 0 Å². The van der Waals surface area contributed by atoms with Gasteiger partial charge in [0.05, 0.1) is 31.3 Å². The van der Waals surface area contributed by atoms with Crippen molar-refractivity contribution in [3.05, 3.63) is 34.4 Å². The van der Waals surface area contributed by atoms with Gasteiger partial charge in [0.2, 0.25) is 0 Å². The standard InChI is InChI=1S/C19H23BrN2O6S/c1-6-27-17(23)10(3)28-16-12(20)7-11(8-13(16)25-4)15-14(18(24)26-5)9(2)21-19(29)22-15/h7-8,10,14-15H,2,6H2,1,3-5H3,(H2,21,22,29)/t10-,14-,15+/m0/s1. The molecule has 0 unspecified atom stereocenters. The lowest BCUT2D eigenvalue weighted by molar-refractivity contribution is -0.150. The molecule has 0 bridgehead atoms. The van der Waals surface area contributed by atoms with Gasteiger partial charge in [0.1, 0.15) is 5.92 Å². The molecule has 1 aromatic rings. The van der Waals surface area contributed by atoms with Gasteiger partial charge in [0.15, 0.2) is 22.7 Å². The first-order valence-corrected chi connectivity index (χ1v) is 9.98. The van der Waals surface area contributed by atoms with Gasteiger partial charge >= 0.3 is 11.9 Å². The largest absolute Gasteiger partial charge is 0.493 e. The number of hydrogen-bond acceptors (Lipinski definition) is 7. The Balaban J connectivity index is 2.42. The number of halogens is 1. The highest BCUT2D eigenvalue weighted by molar-refractivity contribution is 9.10. The Bertz CT molecular complexity index is 831. The van der Waals surface area contributed by atoms with E-state index in [9.17, 15) is 9.59 Å². The number of rotatable bonds is 7. The van der Waals surface area contributed by atoms with Gasteiger partial charge in [0.25, 0.3) is 0 Å². The number of esters is 2. The first kappa shape index (κ1) is 23.0. The number of hydrogen-bond donors (Lipinski definition) is 2. The fourth-order valence-electron chi connectivity index (χ4n) is 2.88. The average Bonchev–Trinajstić information content (AvgIpc) is 2.68. The number of benzene rings is 1. The van der Waals surface area contributed by atoms with Crippen LogP contribution in [0, 0.1) is 5.92 Å². The topological polar surface area (TPSA) is 95.1 Å². The number of nitrogens with one attached hydrogen (secondary N) is 2. The maximum atomic E-state index is 12.3. The van der Waals surface area contributed by atoms with Gasteiger partial charge in [-0.05, 0) is 59.7 Å². The van der Waals surface area contributed by atoms with Crippen LogP contribution in [0.15, 0.2) is 28.9 Å². The predicted octanol–water partition coefficient (Wildman–Crippen LogP) is 2.61. The van der Waals surface area contributed by atoms with E-state index in [1.54, 1.807) is 26.0 Å². The van der Waals surface area contributed by atoms with E-state index in [1.165, 1.54) is 14.2 Å². The van der Waals surface area contributed by atoms with Crippen molar-refractivity contribution in [3.63, 3.8) is 0 Å². The van der Waals surface area contributed by atoms with Crippen LogP contribution < -0.4 is 20.1 Å². The van der Waals surface area contributed by atoms with E-state index in [0.717, 1.165) is 0 Å². The molecule has 1 saturated heterocycles. The minimum atomic E-state index is -0.835. The molecule has 1 fully saturated rings. The van der Waals surface area contributed by atoms with Crippen molar-refractivity contribution in [3.8, 4) is 11.5 Å². The Morgan fingerprint density at radius 3 is 2.62 bits per heavy atom. The average molecular weight is 487 g/mol. The van der Waals surface area contributed by atoms with Crippen molar-refractivity contribution in [2.24, 2.45) is 5.92 Å². The first-order chi connectivity index (χ1) is 13.7. The summed E-state index contributed by atoms with van der Waals surface area (Å²) in [6.07, 6.45) is -0.835. The van der Waals surface area contributed by atoms with Crippen molar-refractivity contribution in [2.75, 3.05) is 20.8 Å². The second kappa shape index (κ2) is 9.93. The van der Waals surface area contributed by atoms with Crippen LogP contribution in [0.5, 0.6) is 11.5 Å². The fraction of sp³-hybridized carbons (Fsp3) is 0.421. The second-order valence-electron chi connectivity index (χ2n) is 6.15. The molecule has 0 saturated carbocycles. The molecule has 2 rings (SSSR count). The van der Waals surface area contributed by atoms with Crippen molar-refractivity contribution >= 4 is 45.2 Å². The summed E-state index contributed by atoms with van der Waals surface area (Å²) in [4.78, 5) is 24.2. The minimum Gasteiger partial charge on any atom is -0.493 e. The SMILES string of the molecule is C=C1NC(=S)N[C@H](c2cc(Br)c(O[C@@H](C)C(=O)OCC)c(OC)c2)[C@H]1C(=O)OC. The van der Waals surface area contributed by atoms with Crippen LogP contribution in [0.3, 0.4) is 0 Å². The summed E-state index contributed by atoms with van der Waals surface area (Å²) in [5, 5.41) is 6.26. The third kappa shape index (κ3) is 5.18. The second-order valence-corrected chi connectivity index (χ2v) is 7.41. The van der Waals surface area contributed by atoms with E-state index in [1.807, 2.05) is 0 Å². The number of methoxy groups -OCH3 is 2. The van der Waals surface area contributed by atoms with Crippen LogP contribution in [0.4, 0.5) is 0 Å². The lowest BCUT2D eigenvalue weighted by Crippen LogP contribution is -2.50. The number of carbonyl (C=O) groups is 2. The van der Waals surface area contributed by atoms with Gasteiger partial charge in [-0.25, -0.2) is 4.79 Å². The molecule has 1 heterocycles. The monoisotopic (exact) mass is 486 g/mol. The van der Waals surface area contributed by atoms with Gasteiger partial charge in [0, 0.05) is 5.70 Å². The molecule has 0 spiro atoms. The van der Waals surface area contributed by atoms with Gasteiger partial charge in [-0.15, -0.1) is 0 Å². The normalized spacial score (nSPS) is 19.5. The molecule has 0 aromatic heterocycles. The number of ether oxygens (including phenoxy) is 4. The molecular weight excluding hydrogens is 464 g/mol. The number of thiocarbonyl (C=S) groups is 1. The van der Waals surface area contributed by atoms with Crippen molar-refractivity contribution in [1.29, 1.82) is 0 Å². The molecule has 8 nitrogen and oxygen atoms in total. The third-order valence-corrected chi connectivity index (χ3v) is 5.06. The van der Waals surface area contributed by atoms with E-state index in [-0.39, 0.29) is 6.61 Å². The number of carbonyl (C=O) groups excluding carboxylic acids is 2. The quantitative estimate of drug-likeness (QED) is 0.445. The van der Waals surface area contributed by atoms with Crippen LogP contribution in [0.1, 0.15) is 25.5 Å². The lowest BCUT2D eigenvalue weighted by Gasteiger charge is -2.35. The molecule has 158 valence electrons. The summed E-state index contributed by atoms with van der Waals surface area (Å²) >= 11 is 8.67. The van der Waals surface area contributed by atoms with E-state index >= 15 is 0 Å². The van der Waals surface area contributed by atoms with E-state index < -0.39 is 30.0 Å². The Morgan fingerprint density at radius 2 is 2.03 bits per heavy atom. The smallest absolute Gasteiger partial charge is 0.347 e. The molecule has 10 heteroatoms. The van der Waals surface area contributed by atoms with E-state index in [2.05, 4.69) is 33.1 Å². The Labute approximate surface area is 183 Å². The Hall–Kier alpha value is -2.33. The van der Waals surface area contributed by atoms with Crippen LogP contribution in [-0.2, 0) is 19.1 Å². The zero-order valence-electron chi connectivity index (χ0n) is 16.5. The van der Waals surface area contributed by atoms with E-state index in [4.69, 9.17) is 31.2 Å². The van der Waals surface area contributed by atoms with E-state index in [0.29, 0.717) is 32.3 Å². The molecule has 3 atom stereocenters. The maximum Gasteiger partial charge on any atom is 0.347 e. The first-order valence-electron chi connectivity index (χ1n) is 8.78. The lowest BCUT2D eigenvalue weighted by atomic mass is 9.89. The summed E-state index contributed by atoms with van der Waals surface area (Å²) in [5.41, 5.74) is 1.11. The highest BCUT2D eigenvalue weighted by atomic mass is 79.9. The van der Waals surface area contributed by atoms with Crippen molar-refractivity contribution < 1.29 is 28.5 Å². The highest BCUT2D eigenvalue weighted by Crippen LogP contribution is 2.41. The molecule has 29 heavy (non-hydrogen) atoms. The van der Waals surface area contributed by atoms with Gasteiger partial charge in [-0.3, -0.25) is 4.79 Å². The summed E-state index contributed by atoms with van der Waals surface area (Å²) < 4.78 is 21.6. The summed E-state index contributed by atoms with van der Waals surface area (Å²) in [6.45, 7) is 7.45. The highest BCUT2D eigenvalue weighted by Gasteiger charge is 2.38. The molecular formula is C19H23BrN2O6S. The van der Waals surface area contributed by atoms with Gasteiger partial charge in [-0.1, -0.05) is 6.58 Å².